The molecule has 10 heteroatoms. The number of aryl methyl sites for hydroxylation is 1. The number of furan rings is 1. The molecular formula is C20H19N3O6S. The van der Waals surface area contributed by atoms with Crippen LogP contribution in [0.2, 0.25) is 0 Å². The summed E-state index contributed by atoms with van der Waals surface area (Å²) in [4.78, 5) is 24.2. The highest BCUT2D eigenvalue weighted by Crippen LogP contribution is 2.26. The second kappa shape index (κ2) is 8.70. The van der Waals surface area contributed by atoms with Crippen molar-refractivity contribution in [2.45, 2.75) is 11.8 Å². The van der Waals surface area contributed by atoms with E-state index in [0.29, 0.717) is 11.3 Å². The predicted octanol–water partition coefficient (Wildman–Crippen LogP) is 2.47. The van der Waals surface area contributed by atoms with Crippen LogP contribution >= 0.6 is 0 Å². The highest BCUT2D eigenvalue weighted by atomic mass is 32.2. The number of nitrogens with one attached hydrogen (secondary N) is 3. The maximum absolute atomic E-state index is 12.7. The normalized spacial score (nSPS) is 10.9. The van der Waals surface area contributed by atoms with Crippen LogP contribution in [0.1, 0.15) is 26.5 Å². The summed E-state index contributed by atoms with van der Waals surface area (Å²) >= 11 is 0. The van der Waals surface area contributed by atoms with E-state index in [-0.39, 0.29) is 21.9 Å². The summed E-state index contributed by atoms with van der Waals surface area (Å²) in [5.41, 5.74) is 5.36. The number of carbonyl (C=O) groups is 2. The van der Waals surface area contributed by atoms with Crippen molar-refractivity contribution < 1.29 is 27.2 Å². The smallest absolute Gasteiger partial charge is 0.305 e. The summed E-state index contributed by atoms with van der Waals surface area (Å²) in [5, 5.41) is 0. The van der Waals surface area contributed by atoms with Crippen LogP contribution in [-0.2, 0) is 10.0 Å². The van der Waals surface area contributed by atoms with Gasteiger partial charge in [0, 0.05) is 11.1 Å². The lowest BCUT2D eigenvalue weighted by Gasteiger charge is -2.12. The van der Waals surface area contributed by atoms with Crippen LogP contribution in [0.15, 0.2) is 70.2 Å². The van der Waals surface area contributed by atoms with Crippen molar-refractivity contribution in [3.05, 3.63) is 77.7 Å². The summed E-state index contributed by atoms with van der Waals surface area (Å²) in [7, 11) is -2.56. The van der Waals surface area contributed by atoms with E-state index in [0.717, 1.165) is 0 Å². The topological polar surface area (TPSA) is 127 Å². The lowest BCUT2D eigenvalue weighted by Crippen LogP contribution is -2.41. The van der Waals surface area contributed by atoms with Gasteiger partial charge >= 0.3 is 5.91 Å². The third-order valence-electron chi connectivity index (χ3n) is 4.12. The Bertz CT molecular complexity index is 1190. The first-order chi connectivity index (χ1) is 14.3. The minimum atomic E-state index is -3.99. The molecule has 1 aromatic heterocycles. The number of para-hydroxylation sites is 2. The van der Waals surface area contributed by atoms with Gasteiger partial charge in [-0.3, -0.25) is 25.2 Å². The van der Waals surface area contributed by atoms with Gasteiger partial charge in [-0.25, -0.2) is 8.42 Å². The zero-order valence-corrected chi connectivity index (χ0v) is 16.9. The summed E-state index contributed by atoms with van der Waals surface area (Å²) in [6.07, 6.45) is 1.36. The van der Waals surface area contributed by atoms with Crippen molar-refractivity contribution in [3.63, 3.8) is 0 Å². The van der Waals surface area contributed by atoms with Gasteiger partial charge < -0.3 is 9.15 Å². The van der Waals surface area contributed by atoms with E-state index in [9.17, 15) is 18.0 Å². The Morgan fingerprint density at radius 1 is 0.967 bits per heavy atom. The monoisotopic (exact) mass is 429 g/mol. The maximum atomic E-state index is 12.7. The Morgan fingerprint density at radius 3 is 2.40 bits per heavy atom. The number of anilines is 1. The average molecular weight is 429 g/mol. The number of rotatable bonds is 6. The average Bonchev–Trinajstić information content (AvgIpc) is 3.18. The molecule has 0 bridgehead atoms. The van der Waals surface area contributed by atoms with Crippen LogP contribution in [0.3, 0.4) is 0 Å². The SMILES string of the molecule is COc1ccccc1NS(=O)(=O)c1cccc(C(=O)NNC(=O)c2occc2C)c1. The van der Waals surface area contributed by atoms with Crippen LogP contribution < -0.4 is 20.3 Å². The maximum Gasteiger partial charge on any atom is 0.305 e. The molecule has 0 aliphatic carbocycles. The molecule has 0 fully saturated rings. The molecule has 3 rings (SSSR count). The van der Waals surface area contributed by atoms with Crippen molar-refractivity contribution in [2.24, 2.45) is 0 Å². The summed E-state index contributed by atoms with van der Waals surface area (Å²) in [6, 6.07) is 13.5. The molecule has 0 aliphatic heterocycles. The molecule has 0 atom stereocenters. The number of amides is 2. The molecule has 2 aromatic carbocycles. The predicted molar refractivity (Wildman–Crippen MR) is 109 cm³/mol. The second-order valence-electron chi connectivity index (χ2n) is 6.17. The fourth-order valence-electron chi connectivity index (χ4n) is 2.58. The Balaban J connectivity index is 1.74. The highest BCUT2D eigenvalue weighted by molar-refractivity contribution is 7.92. The molecule has 0 spiro atoms. The Morgan fingerprint density at radius 2 is 1.70 bits per heavy atom. The van der Waals surface area contributed by atoms with Gasteiger partial charge in [0.1, 0.15) is 5.75 Å². The molecule has 3 aromatic rings. The van der Waals surface area contributed by atoms with Crippen LogP contribution in [0.25, 0.3) is 0 Å². The fraction of sp³-hybridized carbons (Fsp3) is 0.100. The molecule has 0 saturated heterocycles. The van der Waals surface area contributed by atoms with Crippen molar-refractivity contribution in [2.75, 3.05) is 11.8 Å². The number of benzene rings is 2. The Kier molecular flexibility index (Phi) is 6.07. The molecule has 3 N–H and O–H groups in total. The standard InChI is InChI=1S/C20H19N3O6S/c1-13-10-11-29-18(13)20(25)22-21-19(24)14-6-5-7-15(12-14)30(26,27)23-16-8-3-4-9-17(16)28-2/h3-12,23H,1-2H3,(H,21,24)(H,22,25). The highest BCUT2D eigenvalue weighted by Gasteiger charge is 2.19. The van der Waals surface area contributed by atoms with Gasteiger partial charge in [0.25, 0.3) is 15.9 Å². The molecule has 9 nitrogen and oxygen atoms in total. The van der Waals surface area contributed by atoms with E-state index >= 15 is 0 Å². The molecule has 30 heavy (non-hydrogen) atoms. The van der Waals surface area contributed by atoms with E-state index < -0.39 is 21.8 Å². The van der Waals surface area contributed by atoms with Gasteiger partial charge in [-0.05, 0) is 43.3 Å². The van der Waals surface area contributed by atoms with Gasteiger partial charge in [0.2, 0.25) is 0 Å². The van der Waals surface area contributed by atoms with Gasteiger partial charge in [-0.15, -0.1) is 0 Å². The van der Waals surface area contributed by atoms with Crippen LogP contribution in [0.5, 0.6) is 5.75 Å². The van der Waals surface area contributed by atoms with Crippen LogP contribution in [0, 0.1) is 6.92 Å². The summed E-state index contributed by atoms with van der Waals surface area (Å²) in [5.74, 6) is -0.909. The molecule has 0 radical (unpaired) electrons. The summed E-state index contributed by atoms with van der Waals surface area (Å²) in [6.45, 7) is 1.68. The third kappa shape index (κ3) is 4.61. The van der Waals surface area contributed by atoms with Gasteiger partial charge in [0.15, 0.2) is 5.76 Å². The largest absolute Gasteiger partial charge is 0.495 e. The zero-order chi connectivity index (χ0) is 21.7. The lowest BCUT2D eigenvalue weighted by molar-refractivity contribution is 0.0830. The zero-order valence-electron chi connectivity index (χ0n) is 16.1. The van der Waals surface area contributed by atoms with Crippen molar-refractivity contribution in [1.82, 2.24) is 10.9 Å². The van der Waals surface area contributed by atoms with E-state index in [1.54, 1.807) is 37.3 Å². The first-order valence-corrected chi connectivity index (χ1v) is 10.2. The fourth-order valence-corrected chi connectivity index (χ4v) is 3.70. The number of ether oxygens (including phenoxy) is 1. The number of hydrazine groups is 1. The lowest BCUT2D eigenvalue weighted by atomic mass is 10.2. The quantitative estimate of drug-likeness (QED) is 0.517. The van der Waals surface area contributed by atoms with Gasteiger partial charge in [-0.2, -0.15) is 0 Å². The minimum Gasteiger partial charge on any atom is -0.495 e. The molecular weight excluding hydrogens is 410 g/mol. The number of hydrogen-bond donors (Lipinski definition) is 3. The number of methoxy groups -OCH3 is 1. The Labute approximate surface area is 173 Å². The van der Waals surface area contributed by atoms with Crippen LogP contribution in [0.4, 0.5) is 5.69 Å². The first kappa shape index (κ1) is 20.9. The molecule has 0 unspecified atom stereocenters. The van der Waals surface area contributed by atoms with Gasteiger partial charge in [-0.1, -0.05) is 18.2 Å². The van der Waals surface area contributed by atoms with E-state index in [4.69, 9.17) is 9.15 Å². The molecule has 156 valence electrons. The van der Waals surface area contributed by atoms with Gasteiger partial charge in [0.05, 0.1) is 24.0 Å². The van der Waals surface area contributed by atoms with E-state index in [2.05, 4.69) is 15.6 Å². The van der Waals surface area contributed by atoms with Crippen molar-refractivity contribution in [3.8, 4) is 5.75 Å². The van der Waals surface area contributed by atoms with Crippen molar-refractivity contribution >= 4 is 27.5 Å². The number of sulfonamides is 1. The van der Waals surface area contributed by atoms with E-state index in [1.165, 1.54) is 37.6 Å². The molecule has 1 heterocycles. The first-order valence-electron chi connectivity index (χ1n) is 8.72. The molecule has 2 amide bonds. The number of hydrogen-bond acceptors (Lipinski definition) is 6. The molecule has 0 saturated carbocycles. The van der Waals surface area contributed by atoms with Crippen molar-refractivity contribution in [1.29, 1.82) is 0 Å². The third-order valence-corrected chi connectivity index (χ3v) is 5.48. The molecule has 0 aliphatic rings. The summed E-state index contributed by atoms with van der Waals surface area (Å²) < 4.78 is 38.1. The van der Waals surface area contributed by atoms with E-state index in [1.807, 2.05) is 0 Å². The van der Waals surface area contributed by atoms with Crippen LogP contribution in [-0.4, -0.2) is 27.3 Å². The number of carbonyl (C=O) groups excluding carboxylic acids is 2. The Hall–Kier alpha value is -3.79. The second-order valence-corrected chi connectivity index (χ2v) is 7.86. The minimum absolute atomic E-state index is 0.0365.